The van der Waals surface area contributed by atoms with Gasteiger partial charge in [0.15, 0.2) is 0 Å². The first-order valence-electron chi connectivity index (χ1n) is 10.3. The van der Waals surface area contributed by atoms with Gasteiger partial charge in [-0.1, -0.05) is 26.0 Å². The molecule has 0 radical (unpaired) electrons. The Bertz CT molecular complexity index is 835. The molecule has 0 aliphatic carbocycles. The standard InChI is InChI=1S/C24H30O7/c1-5-16(2)19-6-8-23(9-7-19)28-10-11-29-24-20(14-30-17(3)25)12-22(27)13-21(24)15-31-18(4)26/h6-9,12-13,16,27H,5,10-11,14-15H2,1-4H3. The summed E-state index contributed by atoms with van der Waals surface area (Å²) in [5, 5.41) is 9.99. The lowest BCUT2D eigenvalue weighted by molar-refractivity contribution is -0.142. The SMILES string of the molecule is CCC(C)c1ccc(OCCOc2c(COC(C)=O)cc(O)cc2COC(C)=O)cc1. The molecule has 2 rings (SSSR count). The molecule has 1 N–H and O–H groups in total. The molecular formula is C24H30O7. The molecule has 7 nitrogen and oxygen atoms in total. The number of rotatable bonds is 11. The minimum atomic E-state index is -0.458. The summed E-state index contributed by atoms with van der Waals surface area (Å²) < 4.78 is 21.7. The minimum Gasteiger partial charge on any atom is -0.508 e. The lowest BCUT2D eigenvalue weighted by atomic mass is 9.99. The van der Waals surface area contributed by atoms with Crippen LogP contribution in [0.15, 0.2) is 36.4 Å². The summed E-state index contributed by atoms with van der Waals surface area (Å²) >= 11 is 0. The van der Waals surface area contributed by atoms with Crippen molar-refractivity contribution >= 4 is 11.9 Å². The monoisotopic (exact) mass is 430 g/mol. The molecule has 2 aromatic carbocycles. The van der Waals surface area contributed by atoms with Crippen molar-refractivity contribution in [1.82, 2.24) is 0 Å². The van der Waals surface area contributed by atoms with Gasteiger partial charge in [0.2, 0.25) is 0 Å². The van der Waals surface area contributed by atoms with Crippen LogP contribution in [-0.4, -0.2) is 30.3 Å². The summed E-state index contributed by atoms with van der Waals surface area (Å²) in [5.74, 6) is 0.658. The second-order valence-electron chi connectivity index (χ2n) is 7.23. The van der Waals surface area contributed by atoms with Crippen LogP contribution in [0.25, 0.3) is 0 Å². The number of hydrogen-bond acceptors (Lipinski definition) is 7. The molecule has 0 amide bonds. The Morgan fingerprint density at radius 2 is 1.42 bits per heavy atom. The fourth-order valence-electron chi connectivity index (χ4n) is 2.93. The number of phenolic OH excluding ortho intramolecular Hbond substituents is 1. The largest absolute Gasteiger partial charge is 0.508 e. The predicted octanol–water partition coefficient (Wildman–Crippen LogP) is 4.49. The average molecular weight is 430 g/mol. The van der Waals surface area contributed by atoms with Gasteiger partial charge in [-0.3, -0.25) is 9.59 Å². The van der Waals surface area contributed by atoms with Gasteiger partial charge in [-0.15, -0.1) is 0 Å². The normalized spacial score (nSPS) is 11.5. The van der Waals surface area contributed by atoms with E-state index in [-0.39, 0.29) is 32.2 Å². The molecule has 0 aromatic heterocycles. The van der Waals surface area contributed by atoms with E-state index in [0.717, 1.165) is 12.2 Å². The molecule has 0 spiro atoms. The van der Waals surface area contributed by atoms with Gasteiger partial charge in [0.05, 0.1) is 0 Å². The highest BCUT2D eigenvalue weighted by atomic mass is 16.5. The number of carbonyl (C=O) groups excluding carboxylic acids is 2. The Balaban J connectivity index is 2.05. The molecule has 7 heteroatoms. The Hall–Kier alpha value is -3.22. The molecule has 0 heterocycles. The Morgan fingerprint density at radius 1 is 0.903 bits per heavy atom. The van der Waals surface area contributed by atoms with Crippen LogP contribution in [0.1, 0.15) is 56.7 Å². The van der Waals surface area contributed by atoms with E-state index in [1.54, 1.807) is 0 Å². The van der Waals surface area contributed by atoms with E-state index in [1.165, 1.54) is 31.5 Å². The van der Waals surface area contributed by atoms with E-state index in [0.29, 0.717) is 22.8 Å². The quantitative estimate of drug-likeness (QED) is 0.415. The lowest BCUT2D eigenvalue weighted by Crippen LogP contribution is -2.13. The topological polar surface area (TPSA) is 91.3 Å². The third-order valence-electron chi connectivity index (χ3n) is 4.75. The van der Waals surface area contributed by atoms with Crippen molar-refractivity contribution < 1.29 is 33.6 Å². The summed E-state index contributed by atoms with van der Waals surface area (Å²) in [6, 6.07) is 10.9. The maximum atomic E-state index is 11.2. The number of phenols is 1. The maximum absolute atomic E-state index is 11.2. The second-order valence-corrected chi connectivity index (χ2v) is 7.23. The molecule has 0 saturated carbocycles. The smallest absolute Gasteiger partial charge is 0.302 e. The summed E-state index contributed by atoms with van der Waals surface area (Å²) in [6.07, 6.45) is 1.08. The van der Waals surface area contributed by atoms with Crippen LogP contribution in [0.2, 0.25) is 0 Å². The van der Waals surface area contributed by atoms with Gasteiger partial charge in [0.25, 0.3) is 0 Å². The summed E-state index contributed by atoms with van der Waals surface area (Å²) in [7, 11) is 0. The van der Waals surface area contributed by atoms with Crippen LogP contribution >= 0.6 is 0 Å². The Labute approximate surface area is 182 Å². The summed E-state index contributed by atoms with van der Waals surface area (Å²) in [5.41, 5.74) is 2.20. The summed E-state index contributed by atoms with van der Waals surface area (Å²) in [4.78, 5) is 22.4. The van der Waals surface area contributed by atoms with E-state index in [1.807, 2.05) is 12.1 Å². The van der Waals surface area contributed by atoms with Crippen molar-refractivity contribution in [3.05, 3.63) is 53.1 Å². The molecule has 0 bridgehead atoms. The molecule has 31 heavy (non-hydrogen) atoms. The Kier molecular flexibility index (Phi) is 9.18. The molecule has 2 aromatic rings. The fourth-order valence-corrected chi connectivity index (χ4v) is 2.93. The zero-order valence-electron chi connectivity index (χ0n) is 18.5. The van der Waals surface area contributed by atoms with E-state index in [4.69, 9.17) is 18.9 Å². The van der Waals surface area contributed by atoms with Crippen LogP contribution < -0.4 is 9.47 Å². The summed E-state index contributed by atoms with van der Waals surface area (Å²) in [6.45, 7) is 7.26. The molecule has 0 aliphatic rings. The second kappa shape index (κ2) is 11.8. The first-order valence-corrected chi connectivity index (χ1v) is 10.3. The number of benzene rings is 2. The maximum Gasteiger partial charge on any atom is 0.302 e. The Morgan fingerprint density at radius 3 is 1.90 bits per heavy atom. The number of hydrogen-bond donors (Lipinski definition) is 1. The van der Waals surface area contributed by atoms with Gasteiger partial charge < -0.3 is 24.1 Å². The van der Waals surface area contributed by atoms with Gasteiger partial charge in [0.1, 0.15) is 43.7 Å². The van der Waals surface area contributed by atoms with Crippen LogP contribution in [0, 0.1) is 0 Å². The van der Waals surface area contributed by atoms with Crippen molar-refractivity contribution in [2.75, 3.05) is 13.2 Å². The van der Waals surface area contributed by atoms with E-state index in [2.05, 4.69) is 26.0 Å². The van der Waals surface area contributed by atoms with Gasteiger partial charge in [-0.2, -0.15) is 0 Å². The zero-order valence-corrected chi connectivity index (χ0v) is 18.5. The highest BCUT2D eigenvalue weighted by Gasteiger charge is 2.15. The average Bonchev–Trinajstić information content (AvgIpc) is 2.74. The zero-order chi connectivity index (χ0) is 22.8. The molecular weight excluding hydrogens is 400 g/mol. The van der Waals surface area contributed by atoms with Gasteiger partial charge in [-0.05, 0) is 42.2 Å². The van der Waals surface area contributed by atoms with Gasteiger partial charge >= 0.3 is 11.9 Å². The molecule has 168 valence electrons. The molecule has 0 fully saturated rings. The van der Waals surface area contributed by atoms with E-state index in [9.17, 15) is 14.7 Å². The molecule has 1 unspecified atom stereocenters. The van der Waals surface area contributed by atoms with Crippen molar-refractivity contribution in [2.45, 2.75) is 53.2 Å². The first-order chi connectivity index (χ1) is 14.8. The number of aromatic hydroxyl groups is 1. The van der Waals surface area contributed by atoms with Gasteiger partial charge in [-0.25, -0.2) is 0 Å². The highest BCUT2D eigenvalue weighted by molar-refractivity contribution is 5.66. The third kappa shape index (κ3) is 7.85. The van der Waals surface area contributed by atoms with Crippen molar-refractivity contribution in [2.24, 2.45) is 0 Å². The fraction of sp³-hybridized carbons (Fsp3) is 0.417. The van der Waals surface area contributed by atoms with Crippen molar-refractivity contribution in [3.8, 4) is 17.2 Å². The van der Waals surface area contributed by atoms with Crippen LogP contribution in [0.3, 0.4) is 0 Å². The third-order valence-corrected chi connectivity index (χ3v) is 4.75. The van der Waals surface area contributed by atoms with Gasteiger partial charge in [0, 0.05) is 25.0 Å². The van der Waals surface area contributed by atoms with Crippen LogP contribution in [0.4, 0.5) is 0 Å². The predicted molar refractivity (Wildman–Crippen MR) is 115 cm³/mol. The lowest BCUT2D eigenvalue weighted by Gasteiger charge is -2.17. The highest BCUT2D eigenvalue weighted by Crippen LogP contribution is 2.31. The number of carbonyl (C=O) groups is 2. The molecule has 0 saturated heterocycles. The number of ether oxygens (including phenoxy) is 4. The minimum absolute atomic E-state index is 0.0469. The van der Waals surface area contributed by atoms with Crippen molar-refractivity contribution in [3.63, 3.8) is 0 Å². The molecule has 0 aliphatic heterocycles. The van der Waals surface area contributed by atoms with E-state index < -0.39 is 11.9 Å². The van der Waals surface area contributed by atoms with Crippen LogP contribution in [-0.2, 0) is 32.3 Å². The molecule has 1 atom stereocenters. The number of esters is 2. The first kappa shape index (κ1) is 24.1. The van der Waals surface area contributed by atoms with Crippen molar-refractivity contribution in [1.29, 1.82) is 0 Å². The van der Waals surface area contributed by atoms with E-state index >= 15 is 0 Å². The van der Waals surface area contributed by atoms with Crippen LogP contribution in [0.5, 0.6) is 17.2 Å².